The summed E-state index contributed by atoms with van der Waals surface area (Å²) in [5, 5.41) is 14.0. The lowest BCUT2D eigenvalue weighted by molar-refractivity contribution is 0.102. The quantitative estimate of drug-likeness (QED) is 0.747. The average molecular weight is 334 g/mol. The van der Waals surface area contributed by atoms with Crippen molar-refractivity contribution < 1.29 is 19.4 Å². The first-order valence-electron chi connectivity index (χ1n) is 7.81. The molecule has 0 aliphatic heterocycles. The van der Waals surface area contributed by atoms with Gasteiger partial charge in [0.1, 0.15) is 11.5 Å². The second-order valence-corrected chi connectivity index (χ2v) is 5.35. The molecule has 2 N–H and O–H groups in total. The topological polar surface area (TPSA) is 75.6 Å². The van der Waals surface area contributed by atoms with Crippen molar-refractivity contribution in [3.05, 3.63) is 65.7 Å². The zero-order valence-electron chi connectivity index (χ0n) is 13.6. The van der Waals surface area contributed by atoms with E-state index in [2.05, 4.69) is 5.32 Å². The Morgan fingerprint density at radius 1 is 1.16 bits per heavy atom. The number of nitrogens with one attached hydrogen (secondary N) is 1. The van der Waals surface area contributed by atoms with Crippen LogP contribution in [0.4, 0.5) is 5.69 Å². The van der Waals surface area contributed by atoms with Gasteiger partial charge in [0.25, 0.3) is 5.91 Å². The zero-order chi connectivity index (χ0) is 17.8. The van der Waals surface area contributed by atoms with Gasteiger partial charge in [0.05, 0.1) is 23.4 Å². The molecule has 0 aromatic heterocycles. The van der Waals surface area contributed by atoms with E-state index in [1.807, 2.05) is 6.92 Å². The highest BCUT2D eigenvalue weighted by Gasteiger charge is 2.20. The van der Waals surface area contributed by atoms with Crippen LogP contribution in [-0.4, -0.2) is 23.9 Å². The van der Waals surface area contributed by atoms with Gasteiger partial charge in [0, 0.05) is 0 Å². The molecule has 0 fully saturated rings. The highest BCUT2D eigenvalue weighted by Crippen LogP contribution is 2.31. The Kier molecular flexibility index (Phi) is 4.66. The summed E-state index contributed by atoms with van der Waals surface area (Å²) in [5.41, 5.74) is 0.403. The van der Waals surface area contributed by atoms with E-state index < -0.39 is 5.91 Å². The van der Waals surface area contributed by atoms with Crippen LogP contribution < -0.4 is 10.1 Å². The van der Waals surface area contributed by atoms with E-state index >= 15 is 0 Å². The van der Waals surface area contributed by atoms with Crippen LogP contribution in [0, 0.1) is 0 Å². The standard InChI is InChI=1S/C20H16NO4/c1-2-25-18-10-6-5-9-16(18)21-20(24)19-14-8-4-3-7-13(14)11-17(23)15(19)12-22/h3-11,23H,2H2,1H3,(H,21,24). The molecule has 0 aliphatic rings. The number of benzene rings is 3. The van der Waals surface area contributed by atoms with Gasteiger partial charge in [-0.2, -0.15) is 0 Å². The van der Waals surface area contributed by atoms with Crippen molar-refractivity contribution in [2.24, 2.45) is 0 Å². The molecule has 0 aliphatic carbocycles. The second-order valence-electron chi connectivity index (χ2n) is 5.35. The Morgan fingerprint density at radius 2 is 1.88 bits per heavy atom. The highest BCUT2D eigenvalue weighted by molar-refractivity contribution is 6.18. The summed E-state index contributed by atoms with van der Waals surface area (Å²) in [6.07, 6.45) is 1.67. The number of fused-ring (bicyclic) bond motifs is 1. The van der Waals surface area contributed by atoms with Crippen LogP contribution in [0.2, 0.25) is 0 Å². The first-order chi connectivity index (χ1) is 12.2. The molecule has 0 saturated carbocycles. The molecule has 125 valence electrons. The van der Waals surface area contributed by atoms with Gasteiger partial charge in [0.2, 0.25) is 6.29 Å². The molecule has 5 nitrogen and oxygen atoms in total. The summed E-state index contributed by atoms with van der Waals surface area (Å²) in [6.45, 7) is 2.30. The van der Waals surface area contributed by atoms with Gasteiger partial charge < -0.3 is 15.2 Å². The predicted octanol–water partition coefficient (Wildman–Crippen LogP) is 3.65. The Bertz CT molecular complexity index is 950. The van der Waals surface area contributed by atoms with Crippen molar-refractivity contribution in [2.45, 2.75) is 6.92 Å². The second kappa shape index (κ2) is 7.05. The minimum atomic E-state index is -0.516. The summed E-state index contributed by atoms with van der Waals surface area (Å²) in [4.78, 5) is 24.2. The third kappa shape index (κ3) is 3.17. The summed E-state index contributed by atoms with van der Waals surface area (Å²) < 4.78 is 5.50. The van der Waals surface area contributed by atoms with E-state index in [-0.39, 0.29) is 16.9 Å². The van der Waals surface area contributed by atoms with Crippen LogP contribution in [0.1, 0.15) is 22.8 Å². The van der Waals surface area contributed by atoms with Crippen molar-refractivity contribution in [3.8, 4) is 11.5 Å². The van der Waals surface area contributed by atoms with Crippen LogP contribution in [-0.2, 0) is 4.79 Å². The number of para-hydroxylation sites is 2. The third-order valence-corrected chi connectivity index (χ3v) is 3.79. The molecule has 3 aromatic carbocycles. The van der Waals surface area contributed by atoms with Gasteiger partial charge in [-0.1, -0.05) is 36.4 Å². The fourth-order valence-corrected chi connectivity index (χ4v) is 2.71. The van der Waals surface area contributed by atoms with E-state index in [9.17, 15) is 14.7 Å². The van der Waals surface area contributed by atoms with Crippen molar-refractivity contribution in [2.75, 3.05) is 11.9 Å². The Morgan fingerprint density at radius 3 is 2.64 bits per heavy atom. The molecule has 0 atom stereocenters. The summed E-state index contributed by atoms with van der Waals surface area (Å²) in [6, 6.07) is 15.5. The van der Waals surface area contributed by atoms with Crippen molar-refractivity contribution >= 4 is 28.7 Å². The number of ether oxygens (including phenoxy) is 1. The van der Waals surface area contributed by atoms with E-state index in [0.717, 1.165) is 0 Å². The van der Waals surface area contributed by atoms with Gasteiger partial charge in [-0.3, -0.25) is 9.59 Å². The monoisotopic (exact) mass is 334 g/mol. The third-order valence-electron chi connectivity index (χ3n) is 3.79. The van der Waals surface area contributed by atoms with Gasteiger partial charge in [0.15, 0.2) is 0 Å². The van der Waals surface area contributed by atoms with Crippen LogP contribution in [0.5, 0.6) is 11.5 Å². The molecule has 0 heterocycles. The first kappa shape index (κ1) is 16.5. The lowest BCUT2D eigenvalue weighted by Crippen LogP contribution is -2.16. The summed E-state index contributed by atoms with van der Waals surface area (Å²) >= 11 is 0. The predicted molar refractivity (Wildman–Crippen MR) is 96.0 cm³/mol. The molecule has 3 aromatic rings. The van der Waals surface area contributed by atoms with Crippen LogP contribution >= 0.6 is 0 Å². The number of carbonyl (C=O) groups is 1. The number of amides is 1. The van der Waals surface area contributed by atoms with E-state index in [1.54, 1.807) is 54.8 Å². The minimum absolute atomic E-state index is 0.0805. The van der Waals surface area contributed by atoms with Crippen LogP contribution in [0.25, 0.3) is 10.8 Å². The van der Waals surface area contributed by atoms with E-state index in [4.69, 9.17) is 4.74 Å². The number of phenolic OH excluding ortho intramolecular Hbond substituents is 1. The zero-order valence-corrected chi connectivity index (χ0v) is 13.6. The molecular weight excluding hydrogens is 318 g/mol. The lowest BCUT2D eigenvalue weighted by atomic mass is 9.97. The first-order valence-corrected chi connectivity index (χ1v) is 7.81. The van der Waals surface area contributed by atoms with E-state index in [0.29, 0.717) is 28.8 Å². The number of phenols is 1. The Hall–Kier alpha value is -3.34. The molecule has 1 radical (unpaired) electrons. The molecule has 0 spiro atoms. The largest absolute Gasteiger partial charge is 0.507 e. The van der Waals surface area contributed by atoms with Gasteiger partial charge in [-0.15, -0.1) is 0 Å². The number of hydrogen-bond acceptors (Lipinski definition) is 4. The van der Waals surface area contributed by atoms with Crippen LogP contribution in [0.3, 0.4) is 0 Å². The van der Waals surface area contributed by atoms with Crippen molar-refractivity contribution in [3.63, 3.8) is 0 Å². The molecular formula is C20H16NO4. The highest BCUT2D eigenvalue weighted by atomic mass is 16.5. The molecule has 25 heavy (non-hydrogen) atoms. The number of carbonyl (C=O) groups excluding carboxylic acids is 2. The molecule has 5 heteroatoms. The fraction of sp³-hybridized carbons (Fsp3) is 0.100. The Labute approximate surface area is 144 Å². The summed E-state index contributed by atoms with van der Waals surface area (Å²) in [5.74, 6) is -0.269. The maximum Gasteiger partial charge on any atom is 0.257 e. The maximum absolute atomic E-state index is 12.9. The molecule has 3 rings (SSSR count). The number of rotatable bonds is 5. The van der Waals surface area contributed by atoms with Gasteiger partial charge in [-0.05, 0) is 35.9 Å². The number of aromatic hydroxyl groups is 1. The van der Waals surface area contributed by atoms with Crippen molar-refractivity contribution in [1.29, 1.82) is 0 Å². The fourth-order valence-electron chi connectivity index (χ4n) is 2.71. The SMILES string of the molecule is CCOc1ccccc1NC(=O)c1c([C]=O)c(O)cc2ccccc12. The molecule has 1 amide bonds. The Balaban J connectivity index is 2.10. The normalized spacial score (nSPS) is 10.4. The molecule has 0 saturated heterocycles. The maximum atomic E-state index is 12.9. The van der Waals surface area contributed by atoms with Crippen LogP contribution in [0.15, 0.2) is 54.6 Å². The van der Waals surface area contributed by atoms with E-state index in [1.165, 1.54) is 6.07 Å². The van der Waals surface area contributed by atoms with Crippen molar-refractivity contribution in [1.82, 2.24) is 0 Å². The summed E-state index contributed by atoms with van der Waals surface area (Å²) in [7, 11) is 0. The minimum Gasteiger partial charge on any atom is -0.507 e. The number of hydrogen-bond donors (Lipinski definition) is 2. The van der Waals surface area contributed by atoms with Gasteiger partial charge >= 0.3 is 0 Å². The average Bonchev–Trinajstić information content (AvgIpc) is 2.62. The molecule has 0 bridgehead atoms. The molecule has 0 unspecified atom stereocenters. The lowest BCUT2D eigenvalue weighted by Gasteiger charge is -2.14. The van der Waals surface area contributed by atoms with Gasteiger partial charge in [-0.25, -0.2) is 0 Å². The number of anilines is 1. The smallest absolute Gasteiger partial charge is 0.257 e.